The predicted molar refractivity (Wildman–Crippen MR) is 110 cm³/mol. The Morgan fingerprint density at radius 1 is 0.920 bits per heavy atom. The molecule has 138 valence electrons. The van der Waals surface area contributed by atoms with Gasteiger partial charge >= 0.3 is 0 Å². The lowest BCUT2D eigenvalue weighted by Crippen LogP contribution is -2.25. The van der Waals surface area contributed by atoms with Crippen LogP contribution in [-0.4, -0.2) is 0 Å². The molecule has 2 aliphatic rings. The fourth-order valence-electron chi connectivity index (χ4n) is 5.19. The third-order valence-electron chi connectivity index (χ3n) is 7.08. The topological polar surface area (TPSA) is 0 Å². The van der Waals surface area contributed by atoms with Crippen molar-refractivity contribution in [3.8, 4) is 0 Å². The second kappa shape index (κ2) is 9.26. The van der Waals surface area contributed by atoms with Crippen molar-refractivity contribution >= 4 is 11.6 Å². The molecule has 0 radical (unpaired) electrons. The van der Waals surface area contributed by atoms with Crippen LogP contribution in [0.25, 0.3) is 0 Å². The molecule has 0 N–H and O–H groups in total. The van der Waals surface area contributed by atoms with Gasteiger partial charge in [-0.1, -0.05) is 55.7 Å². The van der Waals surface area contributed by atoms with Crippen molar-refractivity contribution in [2.75, 3.05) is 0 Å². The summed E-state index contributed by atoms with van der Waals surface area (Å²) in [6, 6.07) is 8.58. The molecular formula is C24H35Cl. The molecule has 2 fully saturated rings. The van der Waals surface area contributed by atoms with Crippen molar-refractivity contribution < 1.29 is 0 Å². The molecule has 0 heterocycles. The van der Waals surface area contributed by atoms with E-state index in [9.17, 15) is 0 Å². The van der Waals surface area contributed by atoms with Gasteiger partial charge < -0.3 is 0 Å². The molecule has 0 spiro atoms. The van der Waals surface area contributed by atoms with E-state index in [2.05, 4.69) is 37.8 Å². The van der Waals surface area contributed by atoms with Crippen LogP contribution in [0.1, 0.15) is 89.0 Å². The highest BCUT2D eigenvalue weighted by Crippen LogP contribution is 2.44. The zero-order chi connectivity index (χ0) is 17.6. The summed E-state index contributed by atoms with van der Waals surface area (Å²) in [5.74, 6) is 3.75. The fraction of sp³-hybridized carbons (Fsp3) is 0.667. The third-order valence-corrected chi connectivity index (χ3v) is 7.33. The molecule has 3 rings (SSSR count). The van der Waals surface area contributed by atoms with Crippen LogP contribution in [0, 0.1) is 17.8 Å². The van der Waals surface area contributed by atoms with Crippen LogP contribution >= 0.6 is 11.6 Å². The van der Waals surface area contributed by atoms with Gasteiger partial charge in [0.1, 0.15) is 0 Å². The van der Waals surface area contributed by atoms with Gasteiger partial charge in [0.2, 0.25) is 0 Å². The van der Waals surface area contributed by atoms with Crippen LogP contribution < -0.4 is 0 Å². The van der Waals surface area contributed by atoms with Gasteiger partial charge in [0.05, 0.1) is 0 Å². The fourth-order valence-corrected chi connectivity index (χ4v) is 5.32. The maximum atomic E-state index is 6.03. The Morgan fingerprint density at radius 2 is 1.48 bits per heavy atom. The van der Waals surface area contributed by atoms with Crippen LogP contribution in [0.15, 0.2) is 36.4 Å². The van der Waals surface area contributed by atoms with Crippen LogP contribution in [0.2, 0.25) is 5.02 Å². The summed E-state index contributed by atoms with van der Waals surface area (Å²) in [4.78, 5) is 0. The third kappa shape index (κ3) is 5.36. The largest absolute Gasteiger partial charge is 0.0999 e. The van der Waals surface area contributed by atoms with Crippen LogP contribution in [0.3, 0.4) is 0 Å². The Balaban J connectivity index is 1.40. The summed E-state index contributed by atoms with van der Waals surface area (Å²) in [5, 5.41) is 0.858. The quantitative estimate of drug-likeness (QED) is 0.450. The van der Waals surface area contributed by atoms with E-state index in [4.69, 9.17) is 11.6 Å². The van der Waals surface area contributed by atoms with Crippen molar-refractivity contribution in [3.05, 3.63) is 47.0 Å². The molecule has 1 heteroatoms. The Labute approximate surface area is 160 Å². The lowest BCUT2D eigenvalue weighted by Gasteiger charge is -2.38. The van der Waals surface area contributed by atoms with E-state index < -0.39 is 0 Å². The highest BCUT2D eigenvalue weighted by molar-refractivity contribution is 6.30. The Hall–Kier alpha value is -0.750. The highest BCUT2D eigenvalue weighted by atomic mass is 35.5. The molecule has 0 aromatic heterocycles. The van der Waals surface area contributed by atoms with Gasteiger partial charge in [0.15, 0.2) is 0 Å². The molecule has 0 atom stereocenters. The number of benzene rings is 1. The van der Waals surface area contributed by atoms with Gasteiger partial charge in [-0.2, -0.15) is 0 Å². The maximum absolute atomic E-state index is 6.03. The van der Waals surface area contributed by atoms with Crippen LogP contribution in [0.5, 0.6) is 0 Å². The molecule has 25 heavy (non-hydrogen) atoms. The number of hydrogen-bond donors (Lipinski definition) is 0. The van der Waals surface area contributed by atoms with Gasteiger partial charge in [-0.3, -0.25) is 0 Å². The molecule has 0 saturated heterocycles. The standard InChI is InChI=1S/C24H35Cl/c1-3-18(2)4-5-19-6-8-20(9-7-19)21-10-12-22(13-11-21)23-14-16-24(25)17-15-23/h14-17,19-22H,2-13H2,1H3. The van der Waals surface area contributed by atoms with E-state index in [1.165, 1.54) is 75.3 Å². The van der Waals surface area contributed by atoms with Crippen molar-refractivity contribution in [2.24, 2.45) is 17.8 Å². The first-order valence-electron chi connectivity index (χ1n) is 10.6. The lowest BCUT2D eigenvalue weighted by atomic mass is 9.68. The van der Waals surface area contributed by atoms with E-state index in [0.717, 1.165) is 35.1 Å². The average molecular weight is 359 g/mol. The normalized spacial score (nSPS) is 30.2. The minimum Gasteiger partial charge on any atom is -0.0999 e. The SMILES string of the molecule is C=C(CC)CCC1CCC(C2CCC(c3ccc(Cl)cc3)CC2)CC1. The smallest absolute Gasteiger partial charge is 0.0406 e. The second-order valence-electron chi connectivity index (χ2n) is 8.59. The van der Waals surface area contributed by atoms with E-state index >= 15 is 0 Å². The minimum atomic E-state index is 0.768. The summed E-state index contributed by atoms with van der Waals surface area (Å²) in [5.41, 5.74) is 2.95. The van der Waals surface area contributed by atoms with E-state index in [1.807, 2.05) is 0 Å². The van der Waals surface area contributed by atoms with Crippen molar-refractivity contribution in [1.82, 2.24) is 0 Å². The summed E-state index contributed by atoms with van der Waals surface area (Å²) >= 11 is 6.03. The van der Waals surface area contributed by atoms with Gasteiger partial charge in [-0.05, 0) is 99.2 Å². The summed E-state index contributed by atoms with van der Waals surface area (Å²) in [7, 11) is 0. The first-order valence-corrected chi connectivity index (χ1v) is 11.0. The van der Waals surface area contributed by atoms with E-state index in [1.54, 1.807) is 0 Å². The maximum Gasteiger partial charge on any atom is 0.0406 e. The first-order chi connectivity index (χ1) is 12.2. The molecule has 0 bridgehead atoms. The minimum absolute atomic E-state index is 0.768. The van der Waals surface area contributed by atoms with Crippen molar-refractivity contribution in [2.45, 2.75) is 83.5 Å². The molecule has 0 amide bonds. The molecule has 2 saturated carbocycles. The van der Waals surface area contributed by atoms with E-state index in [0.29, 0.717) is 0 Å². The highest BCUT2D eigenvalue weighted by Gasteiger charge is 2.31. The summed E-state index contributed by atoms with van der Waals surface area (Å²) in [6.45, 7) is 6.41. The number of allylic oxidation sites excluding steroid dienone is 1. The van der Waals surface area contributed by atoms with Gasteiger partial charge in [0, 0.05) is 5.02 Å². The molecule has 0 unspecified atom stereocenters. The molecule has 0 nitrogen and oxygen atoms in total. The molecule has 0 aliphatic heterocycles. The van der Waals surface area contributed by atoms with Gasteiger partial charge in [-0.25, -0.2) is 0 Å². The second-order valence-corrected chi connectivity index (χ2v) is 9.02. The van der Waals surface area contributed by atoms with E-state index in [-0.39, 0.29) is 0 Å². The Bertz CT molecular complexity index is 528. The van der Waals surface area contributed by atoms with Gasteiger partial charge in [-0.15, -0.1) is 0 Å². The average Bonchev–Trinajstić information content (AvgIpc) is 2.67. The molecule has 1 aromatic carbocycles. The molecular weight excluding hydrogens is 324 g/mol. The Kier molecular flexibility index (Phi) is 7.05. The molecule has 1 aromatic rings. The van der Waals surface area contributed by atoms with Crippen LogP contribution in [-0.2, 0) is 0 Å². The lowest BCUT2D eigenvalue weighted by molar-refractivity contribution is 0.157. The van der Waals surface area contributed by atoms with Crippen LogP contribution in [0.4, 0.5) is 0 Å². The predicted octanol–water partition coefficient (Wildman–Crippen LogP) is 8.17. The zero-order valence-electron chi connectivity index (χ0n) is 16.0. The number of rotatable bonds is 6. The Morgan fingerprint density at radius 3 is 2.04 bits per heavy atom. The summed E-state index contributed by atoms with van der Waals surface area (Å²) in [6.07, 6.45) is 15.4. The monoisotopic (exact) mass is 358 g/mol. The zero-order valence-corrected chi connectivity index (χ0v) is 16.7. The van der Waals surface area contributed by atoms with Crippen molar-refractivity contribution in [3.63, 3.8) is 0 Å². The van der Waals surface area contributed by atoms with Crippen molar-refractivity contribution in [1.29, 1.82) is 0 Å². The van der Waals surface area contributed by atoms with Gasteiger partial charge in [0.25, 0.3) is 0 Å². The molecule has 2 aliphatic carbocycles. The first kappa shape index (κ1) is 19.0. The summed E-state index contributed by atoms with van der Waals surface area (Å²) < 4.78 is 0. The number of halogens is 1. The number of hydrogen-bond acceptors (Lipinski definition) is 0.